The number of halogens is 2. The van der Waals surface area contributed by atoms with E-state index < -0.39 is 0 Å². The second kappa shape index (κ2) is 5.10. The van der Waals surface area contributed by atoms with Crippen molar-refractivity contribution in [2.75, 3.05) is 0 Å². The third-order valence-electron chi connectivity index (χ3n) is 2.23. The van der Waals surface area contributed by atoms with Gasteiger partial charge in [-0.15, -0.1) is 0 Å². The van der Waals surface area contributed by atoms with Gasteiger partial charge in [-0.2, -0.15) is 0 Å². The van der Waals surface area contributed by atoms with Gasteiger partial charge in [0.15, 0.2) is 0 Å². The maximum Gasteiger partial charge on any atom is 0.146 e. The standard InChI is InChI=1S/C12H10ClIN2/c1-8-2-4-9(5-3-8)6-11-15-7-10(14)12(13)16-11/h2-5,7H,6H2,1H3. The van der Waals surface area contributed by atoms with E-state index in [-0.39, 0.29) is 0 Å². The van der Waals surface area contributed by atoms with Gasteiger partial charge in [0.05, 0.1) is 3.57 Å². The van der Waals surface area contributed by atoms with Crippen LogP contribution < -0.4 is 0 Å². The molecular weight excluding hydrogens is 335 g/mol. The van der Waals surface area contributed by atoms with E-state index in [1.54, 1.807) is 6.20 Å². The molecule has 1 aromatic carbocycles. The van der Waals surface area contributed by atoms with Gasteiger partial charge in [0.1, 0.15) is 11.0 Å². The molecule has 0 amide bonds. The average molecular weight is 345 g/mol. The smallest absolute Gasteiger partial charge is 0.146 e. The van der Waals surface area contributed by atoms with Crippen molar-refractivity contribution in [3.05, 3.63) is 56.1 Å². The fourth-order valence-corrected chi connectivity index (χ4v) is 1.76. The molecule has 0 aliphatic carbocycles. The summed E-state index contributed by atoms with van der Waals surface area (Å²) in [6.07, 6.45) is 2.47. The molecule has 0 N–H and O–H groups in total. The Hall–Kier alpha value is -0.680. The normalized spacial score (nSPS) is 10.4. The highest BCUT2D eigenvalue weighted by Gasteiger charge is 2.03. The molecule has 1 aromatic heterocycles. The van der Waals surface area contributed by atoms with Gasteiger partial charge in [-0.25, -0.2) is 9.97 Å². The van der Waals surface area contributed by atoms with Gasteiger partial charge in [-0.05, 0) is 35.1 Å². The fourth-order valence-electron chi connectivity index (χ4n) is 1.35. The number of aryl methyl sites for hydroxylation is 1. The predicted molar refractivity (Wildman–Crippen MR) is 73.7 cm³/mol. The molecule has 0 atom stereocenters. The van der Waals surface area contributed by atoms with E-state index in [4.69, 9.17) is 11.6 Å². The molecular formula is C12H10ClIN2. The van der Waals surface area contributed by atoms with Crippen LogP contribution in [0.4, 0.5) is 0 Å². The lowest BCUT2D eigenvalue weighted by molar-refractivity contribution is 0.961. The summed E-state index contributed by atoms with van der Waals surface area (Å²) in [6.45, 7) is 2.07. The van der Waals surface area contributed by atoms with E-state index in [0.717, 1.165) is 15.8 Å². The molecule has 0 saturated heterocycles. The molecule has 0 saturated carbocycles. The molecule has 82 valence electrons. The van der Waals surface area contributed by atoms with Gasteiger partial charge in [0.2, 0.25) is 0 Å². The summed E-state index contributed by atoms with van der Waals surface area (Å²) < 4.78 is 0.881. The molecule has 2 aromatic rings. The number of hydrogen-bond acceptors (Lipinski definition) is 2. The molecule has 0 aliphatic heterocycles. The summed E-state index contributed by atoms with van der Waals surface area (Å²) in [6, 6.07) is 8.35. The van der Waals surface area contributed by atoms with Crippen LogP contribution >= 0.6 is 34.2 Å². The van der Waals surface area contributed by atoms with E-state index in [9.17, 15) is 0 Å². The van der Waals surface area contributed by atoms with Gasteiger partial charge in [-0.1, -0.05) is 41.4 Å². The van der Waals surface area contributed by atoms with Crippen LogP contribution in [0.3, 0.4) is 0 Å². The molecule has 4 heteroatoms. The number of rotatable bonds is 2. The minimum absolute atomic E-state index is 0.526. The Morgan fingerprint density at radius 3 is 2.56 bits per heavy atom. The van der Waals surface area contributed by atoms with Crippen LogP contribution in [0.2, 0.25) is 5.15 Å². The van der Waals surface area contributed by atoms with E-state index in [0.29, 0.717) is 5.15 Å². The first-order chi connectivity index (χ1) is 7.65. The lowest BCUT2D eigenvalue weighted by Gasteiger charge is -2.02. The Morgan fingerprint density at radius 2 is 1.94 bits per heavy atom. The first kappa shape index (κ1) is 11.8. The zero-order valence-corrected chi connectivity index (χ0v) is 11.7. The molecule has 0 fully saturated rings. The molecule has 0 aliphatic rings. The third kappa shape index (κ3) is 2.92. The van der Waals surface area contributed by atoms with Gasteiger partial charge in [0, 0.05) is 12.6 Å². The second-order valence-corrected chi connectivity index (χ2v) is 5.11. The zero-order chi connectivity index (χ0) is 11.5. The van der Waals surface area contributed by atoms with Crippen LogP contribution in [0.25, 0.3) is 0 Å². The number of hydrogen-bond donors (Lipinski definition) is 0. The highest BCUT2D eigenvalue weighted by molar-refractivity contribution is 14.1. The fraction of sp³-hybridized carbons (Fsp3) is 0.167. The lowest BCUT2D eigenvalue weighted by atomic mass is 10.1. The molecule has 1 heterocycles. The predicted octanol–water partition coefficient (Wildman–Crippen LogP) is 3.63. The molecule has 2 rings (SSSR count). The SMILES string of the molecule is Cc1ccc(Cc2ncc(I)c(Cl)n2)cc1. The maximum atomic E-state index is 5.95. The highest BCUT2D eigenvalue weighted by Crippen LogP contribution is 2.15. The number of nitrogens with zero attached hydrogens (tertiary/aromatic N) is 2. The lowest BCUT2D eigenvalue weighted by Crippen LogP contribution is -1.97. The van der Waals surface area contributed by atoms with Crippen LogP contribution in [0.1, 0.15) is 17.0 Å². The van der Waals surface area contributed by atoms with Gasteiger partial charge < -0.3 is 0 Å². The van der Waals surface area contributed by atoms with E-state index in [2.05, 4.69) is 63.7 Å². The van der Waals surface area contributed by atoms with Gasteiger partial charge in [0.25, 0.3) is 0 Å². The molecule has 0 spiro atoms. The largest absolute Gasteiger partial charge is 0.240 e. The highest BCUT2D eigenvalue weighted by atomic mass is 127. The monoisotopic (exact) mass is 344 g/mol. The zero-order valence-electron chi connectivity index (χ0n) is 8.74. The molecule has 2 nitrogen and oxygen atoms in total. The third-order valence-corrected chi connectivity index (χ3v) is 3.63. The van der Waals surface area contributed by atoms with Gasteiger partial charge in [-0.3, -0.25) is 0 Å². The van der Waals surface area contributed by atoms with Gasteiger partial charge >= 0.3 is 0 Å². The summed E-state index contributed by atoms with van der Waals surface area (Å²) in [5.41, 5.74) is 2.45. The Labute approximate surface area is 113 Å². The summed E-state index contributed by atoms with van der Waals surface area (Å²) in [4.78, 5) is 8.49. The number of benzene rings is 1. The van der Waals surface area contributed by atoms with Crippen molar-refractivity contribution in [1.29, 1.82) is 0 Å². The van der Waals surface area contributed by atoms with Crippen molar-refractivity contribution in [2.45, 2.75) is 13.3 Å². The quantitative estimate of drug-likeness (QED) is 0.614. The average Bonchev–Trinajstić information content (AvgIpc) is 2.27. The summed E-state index contributed by atoms with van der Waals surface area (Å²) >= 11 is 8.07. The summed E-state index contributed by atoms with van der Waals surface area (Å²) in [7, 11) is 0. The van der Waals surface area contributed by atoms with Crippen molar-refractivity contribution < 1.29 is 0 Å². The second-order valence-electron chi connectivity index (χ2n) is 3.59. The van der Waals surface area contributed by atoms with Crippen molar-refractivity contribution in [1.82, 2.24) is 9.97 Å². The minimum Gasteiger partial charge on any atom is -0.240 e. The minimum atomic E-state index is 0.526. The van der Waals surface area contributed by atoms with Crippen LogP contribution in [0.5, 0.6) is 0 Å². The maximum absolute atomic E-state index is 5.95. The Kier molecular flexibility index (Phi) is 3.76. The van der Waals surface area contributed by atoms with Crippen molar-refractivity contribution in [3.63, 3.8) is 0 Å². The molecule has 0 radical (unpaired) electrons. The Balaban J connectivity index is 2.20. The van der Waals surface area contributed by atoms with Crippen LogP contribution in [-0.2, 0) is 6.42 Å². The number of aromatic nitrogens is 2. The molecule has 0 bridgehead atoms. The Morgan fingerprint density at radius 1 is 1.25 bits per heavy atom. The van der Waals surface area contributed by atoms with E-state index in [1.165, 1.54) is 11.1 Å². The summed E-state index contributed by atoms with van der Waals surface area (Å²) in [5, 5.41) is 0.526. The van der Waals surface area contributed by atoms with Crippen molar-refractivity contribution in [2.24, 2.45) is 0 Å². The van der Waals surface area contributed by atoms with Crippen LogP contribution in [-0.4, -0.2) is 9.97 Å². The molecule has 16 heavy (non-hydrogen) atoms. The van der Waals surface area contributed by atoms with Crippen LogP contribution in [0, 0.1) is 10.5 Å². The first-order valence-corrected chi connectivity index (χ1v) is 6.33. The summed E-state index contributed by atoms with van der Waals surface area (Å²) in [5.74, 6) is 0.759. The topological polar surface area (TPSA) is 25.8 Å². The van der Waals surface area contributed by atoms with Crippen LogP contribution in [0.15, 0.2) is 30.5 Å². The van der Waals surface area contributed by atoms with Crippen molar-refractivity contribution >= 4 is 34.2 Å². The van der Waals surface area contributed by atoms with E-state index >= 15 is 0 Å². The Bertz CT molecular complexity index is 497. The molecule has 0 unspecified atom stereocenters. The first-order valence-electron chi connectivity index (χ1n) is 4.87. The van der Waals surface area contributed by atoms with E-state index in [1.807, 2.05) is 0 Å². The van der Waals surface area contributed by atoms with Crippen molar-refractivity contribution in [3.8, 4) is 0 Å².